The van der Waals surface area contributed by atoms with Crippen molar-refractivity contribution in [1.82, 2.24) is 6.15 Å². The molecule has 0 aromatic heterocycles. The van der Waals surface area contributed by atoms with Gasteiger partial charge in [-0.2, -0.15) is 9.90 Å². The summed E-state index contributed by atoms with van der Waals surface area (Å²) < 4.78 is 0. The van der Waals surface area contributed by atoms with E-state index in [4.69, 9.17) is 15.0 Å². The van der Waals surface area contributed by atoms with E-state index in [-0.39, 0.29) is 16.0 Å². The zero-order valence-corrected chi connectivity index (χ0v) is 4.89. The van der Waals surface area contributed by atoms with Crippen LogP contribution in [0.2, 0.25) is 0 Å². The standard InChI is InChI=1S/CH2O3.H3N.H3P/c2-1(3)4;;/h(H2,2,3,4);2*1H3. The molecule has 0 aromatic carbocycles. The third kappa shape index (κ3) is 224. The van der Waals surface area contributed by atoms with Gasteiger partial charge in [0.2, 0.25) is 6.16 Å². The Morgan fingerprint density at radius 1 is 1.67 bits per heavy atom. The van der Waals surface area contributed by atoms with Gasteiger partial charge in [0.15, 0.2) is 0 Å². The van der Waals surface area contributed by atoms with Crippen LogP contribution < -0.4 is 11.3 Å². The van der Waals surface area contributed by atoms with Gasteiger partial charge in [-0.1, -0.05) is 0 Å². The Kier molecular flexibility index (Phi) is 25.5. The van der Waals surface area contributed by atoms with E-state index in [1.807, 2.05) is 0 Å². The van der Waals surface area contributed by atoms with Gasteiger partial charge in [0.1, 0.15) is 0 Å². The van der Waals surface area contributed by atoms with Crippen molar-refractivity contribution in [3.63, 3.8) is 0 Å². The predicted molar refractivity (Wildman–Crippen MR) is 25.1 cm³/mol. The second-order valence-electron chi connectivity index (χ2n) is 0.266. The van der Waals surface area contributed by atoms with Gasteiger partial charge in [-0.3, -0.25) is 0 Å². The Balaban J connectivity index is -0.0000000450. The Morgan fingerprint density at radius 2 is 1.67 bits per heavy atom. The van der Waals surface area contributed by atoms with Crippen LogP contribution in [0, 0.1) is 0 Å². The van der Waals surface area contributed by atoms with Crippen LogP contribution in [0.4, 0.5) is 4.79 Å². The minimum absolute atomic E-state index is 0. The highest BCUT2D eigenvalue weighted by molar-refractivity contribution is 6.92. The topological polar surface area (TPSA) is 96.9 Å². The average Bonchev–Trinajstić information content (AvgIpc) is 0.811. The molecule has 40 valence electrons. The molecular weight excluding hydrogens is 105 g/mol. The maximum Gasteiger partial charge on any atom is 0.249 e. The van der Waals surface area contributed by atoms with Crippen LogP contribution >= 0.6 is 9.90 Å². The molecule has 0 aliphatic carbocycles. The van der Waals surface area contributed by atoms with Crippen molar-refractivity contribution in [3.05, 3.63) is 0 Å². The molecule has 0 saturated carbocycles. The van der Waals surface area contributed by atoms with E-state index in [1.165, 1.54) is 0 Å². The molecule has 0 fully saturated rings. The van der Waals surface area contributed by atoms with Crippen molar-refractivity contribution in [3.8, 4) is 0 Å². The quantitative estimate of drug-likeness (QED) is 0.407. The number of hydrogen-bond donors (Lipinski definition) is 2. The first-order valence-electron chi connectivity index (χ1n) is 0.632. The summed E-state index contributed by atoms with van der Waals surface area (Å²) in [5, 5.41) is 15.3. The first-order valence-corrected chi connectivity index (χ1v) is 0.632. The molecule has 0 radical (unpaired) electrons. The second-order valence-corrected chi connectivity index (χ2v) is 0.266. The molecule has 0 saturated heterocycles. The molecule has 1 atom stereocenters. The third-order valence-corrected chi connectivity index (χ3v) is 0. The van der Waals surface area contributed by atoms with Crippen molar-refractivity contribution >= 4 is 16.1 Å². The molecular formula is CH8NO3P. The van der Waals surface area contributed by atoms with Crippen LogP contribution in [-0.4, -0.2) is 11.3 Å². The molecule has 0 heterocycles. The maximum absolute atomic E-state index is 8.44. The fraction of sp³-hybridized carbons (Fsp3) is 0. The van der Waals surface area contributed by atoms with Crippen molar-refractivity contribution in [2.45, 2.75) is 0 Å². The monoisotopic (exact) mass is 113 g/mol. The first kappa shape index (κ1) is 17.4. The molecule has 5 heteroatoms. The summed E-state index contributed by atoms with van der Waals surface area (Å²) >= 11 is 0. The number of carbonyl (C=O) groups is 1. The summed E-state index contributed by atoms with van der Waals surface area (Å²) in [6.07, 6.45) is -2.08. The fourth-order valence-electron chi connectivity index (χ4n) is 0. The van der Waals surface area contributed by atoms with Crippen molar-refractivity contribution in [2.24, 2.45) is 0 Å². The Hall–Kier alpha value is -0.340. The molecule has 0 amide bonds. The van der Waals surface area contributed by atoms with E-state index in [0.717, 1.165) is 0 Å². The van der Waals surface area contributed by atoms with E-state index in [1.54, 1.807) is 0 Å². The van der Waals surface area contributed by atoms with Gasteiger partial charge in [0.25, 0.3) is 0 Å². The van der Waals surface area contributed by atoms with Gasteiger partial charge in [0, 0.05) is 0 Å². The molecule has 4 nitrogen and oxygen atoms in total. The van der Waals surface area contributed by atoms with Crippen LogP contribution in [-0.2, 0) is 0 Å². The van der Waals surface area contributed by atoms with Crippen LogP contribution in [0.25, 0.3) is 0 Å². The van der Waals surface area contributed by atoms with Crippen molar-refractivity contribution in [1.29, 1.82) is 0 Å². The summed E-state index contributed by atoms with van der Waals surface area (Å²) in [5.74, 6) is 0. The number of carboxylic acid groups (broad SMARTS) is 2. The molecule has 0 spiro atoms. The SMILES string of the molecule is O=C([O-])O.P.[NH4+]. The highest BCUT2D eigenvalue weighted by Crippen LogP contribution is 1.32. The Labute approximate surface area is 38.4 Å². The molecule has 5 N–H and O–H groups in total. The van der Waals surface area contributed by atoms with E-state index in [0.29, 0.717) is 0 Å². The summed E-state index contributed by atoms with van der Waals surface area (Å²) in [4.78, 5) is 8.44. The molecule has 0 rings (SSSR count). The summed E-state index contributed by atoms with van der Waals surface area (Å²) in [6, 6.07) is 0. The smallest absolute Gasteiger partial charge is 0.249 e. The van der Waals surface area contributed by atoms with Gasteiger partial charge < -0.3 is 21.2 Å². The zero-order valence-electron chi connectivity index (χ0n) is 3.47. The minimum atomic E-state index is -2.08. The van der Waals surface area contributed by atoms with Crippen LogP contribution in [0.3, 0.4) is 0 Å². The highest BCUT2D eigenvalue weighted by atomic mass is 31.0. The summed E-state index contributed by atoms with van der Waals surface area (Å²) in [5.41, 5.74) is 0. The molecule has 0 aliphatic rings. The van der Waals surface area contributed by atoms with Gasteiger partial charge in [-0.05, 0) is 0 Å². The lowest BCUT2D eigenvalue weighted by molar-refractivity contribution is -0.275. The largest absolute Gasteiger partial charge is 0.565 e. The lowest BCUT2D eigenvalue weighted by atomic mass is 11.5. The average molecular weight is 113 g/mol. The summed E-state index contributed by atoms with van der Waals surface area (Å²) in [6.45, 7) is 0. The highest BCUT2D eigenvalue weighted by Gasteiger charge is 1.51. The van der Waals surface area contributed by atoms with E-state index < -0.39 is 6.16 Å². The summed E-state index contributed by atoms with van der Waals surface area (Å²) in [7, 11) is 0. The van der Waals surface area contributed by atoms with Gasteiger partial charge in [-0.15, -0.1) is 0 Å². The van der Waals surface area contributed by atoms with E-state index in [2.05, 4.69) is 0 Å². The lowest BCUT2D eigenvalue weighted by Crippen LogP contribution is -2.17. The van der Waals surface area contributed by atoms with Crippen LogP contribution in [0.15, 0.2) is 0 Å². The van der Waals surface area contributed by atoms with Crippen LogP contribution in [0.1, 0.15) is 0 Å². The molecule has 0 aromatic rings. The first-order chi connectivity index (χ1) is 1.73. The van der Waals surface area contributed by atoms with Gasteiger partial charge >= 0.3 is 0 Å². The predicted octanol–water partition coefficient (Wildman–Crippen LogP) is -0.678. The van der Waals surface area contributed by atoms with Gasteiger partial charge in [0.05, 0.1) is 0 Å². The molecule has 0 bridgehead atoms. The molecule has 6 heavy (non-hydrogen) atoms. The zero-order chi connectivity index (χ0) is 3.58. The number of quaternary nitrogens is 1. The normalized spacial score (nSPS) is 4.00. The lowest BCUT2D eigenvalue weighted by Gasteiger charge is -1.74. The fourth-order valence-corrected chi connectivity index (χ4v) is 0. The van der Waals surface area contributed by atoms with E-state index in [9.17, 15) is 0 Å². The number of rotatable bonds is 0. The minimum Gasteiger partial charge on any atom is -0.565 e. The number of hydrogen-bond acceptors (Lipinski definition) is 2. The Bertz CT molecular complexity index is 33.8. The molecule has 0 aliphatic heterocycles. The van der Waals surface area contributed by atoms with Gasteiger partial charge in [-0.25, -0.2) is 0 Å². The van der Waals surface area contributed by atoms with Crippen LogP contribution in [0.5, 0.6) is 0 Å². The Morgan fingerprint density at radius 3 is 1.67 bits per heavy atom. The molecule has 1 unspecified atom stereocenters. The second kappa shape index (κ2) is 8.82. The third-order valence-electron chi connectivity index (χ3n) is 0. The van der Waals surface area contributed by atoms with Crippen molar-refractivity contribution in [2.75, 3.05) is 0 Å². The maximum atomic E-state index is 8.44. The van der Waals surface area contributed by atoms with E-state index >= 15 is 0 Å². The van der Waals surface area contributed by atoms with Crippen molar-refractivity contribution < 1.29 is 15.0 Å².